The van der Waals surface area contributed by atoms with Crippen molar-refractivity contribution in [1.29, 1.82) is 0 Å². The molecule has 0 aliphatic rings. The number of halogens is 1. The van der Waals surface area contributed by atoms with Gasteiger partial charge in [-0.25, -0.2) is 0 Å². The van der Waals surface area contributed by atoms with E-state index in [2.05, 4.69) is 10.2 Å². The fourth-order valence-electron chi connectivity index (χ4n) is 1.19. The van der Waals surface area contributed by atoms with Crippen LogP contribution in [0.25, 0.3) is 0 Å². The van der Waals surface area contributed by atoms with Crippen LogP contribution in [0.3, 0.4) is 0 Å². The third-order valence-electron chi connectivity index (χ3n) is 2.09. The van der Waals surface area contributed by atoms with Gasteiger partial charge in [0, 0.05) is 13.5 Å². The topological polar surface area (TPSA) is 64.8 Å². The van der Waals surface area contributed by atoms with Gasteiger partial charge in [-0.05, 0) is 12.3 Å². The number of hydrogen-bond donors (Lipinski definition) is 0. The molecule has 1 rings (SSSR count). The molecule has 0 fully saturated rings. The summed E-state index contributed by atoms with van der Waals surface area (Å²) in [7, 11) is -3.32. The van der Waals surface area contributed by atoms with E-state index in [4.69, 9.17) is 0 Å². The predicted molar refractivity (Wildman–Crippen MR) is 52.5 cm³/mol. The summed E-state index contributed by atoms with van der Waals surface area (Å²) >= 11 is 0. The van der Waals surface area contributed by atoms with Crippen LogP contribution in [0.1, 0.15) is 26.1 Å². The van der Waals surface area contributed by atoms with Crippen molar-refractivity contribution < 1.29 is 12.3 Å². The molecule has 1 heterocycles. The van der Waals surface area contributed by atoms with Crippen molar-refractivity contribution >= 4 is 10.2 Å². The smallest absolute Gasteiger partial charge is 0.303 e. The minimum absolute atomic E-state index is 0.479. The summed E-state index contributed by atoms with van der Waals surface area (Å²) in [4.78, 5) is 0. The first kappa shape index (κ1) is 12.1. The Morgan fingerprint density at radius 1 is 1.40 bits per heavy atom. The molecule has 0 amide bonds. The van der Waals surface area contributed by atoms with Gasteiger partial charge in [-0.1, -0.05) is 17.7 Å². The largest absolute Gasteiger partial charge is 0.368 e. The second kappa shape index (κ2) is 4.26. The lowest BCUT2D eigenvalue weighted by atomic mass is 10.1. The molecule has 0 radical (unpaired) electrons. The summed E-state index contributed by atoms with van der Waals surface area (Å²) in [5, 5.41) is 6.34. The number of hydrogen-bond acceptors (Lipinski definition) is 4. The molecule has 0 aliphatic carbocycles. The summed E-state index contributed by atoms with van der Waals surface area (Å²) in [6.07, 6.45) is 1.45. The molecule has 0 spiro atoms. The maximum Gasteiger partial charge on any atom is 0.368 e. The number of aromatic nitrogens is 3. The highest BCUT2D eigenvalue weighted by Crippen LogP contribution is 2.12. The van der Waals surface area contributed by atoms with E-state index in [0.717, 1.165) is 6.42 Å². The molecule has 86 valence electrons. The van der Waals surface area contributed by atoms with Gasteiger partial charge in [-0.2, -0.15) is 8.42 Å². The molecule has 0 atom stereocenters. The normalized spacial score (nSPS) is 12.3. The van der Waals surface area contributed by atoms with Crippen LogP contribution < -0.4 is 0 Å². The first-order chi connectivity index (χ1) is 6.82. The van der Waals surface area contributed by atoms with E-state index in [1.165, 1.54) is 11.6 Å². The zero-order chi connectivity index (χ0) is 11.6. The summed E-state index contributed by atoms with van der Waals surface area (Å²) in [6, 6.07) is 0. The lowest BCUT2D eigenvalue weighted by Crippen LogP contribution is -2.06. The van der Waals surface area contributed by atoms with Crippen molar-refractivity contribution in [2.24, 2.45) is 13.0 Å². The minimum atomic E-state index is -4.76. The lowest BCUT2D eigenvalue weighted by Gasteiger charge is -2.03. The Hall–Kier alpha value is -0.980. The van der Waals surface area contributed by atoms with E-state index in [0.29, 0.717) is 18.2 Å². The SMILES string of the molecule is CC(C)CCc1nnc(S(=O)(=O)F)n1C. The monoisotopic (exact) mass is 235 g/mol. The van der Waals surface area contributed by atoms with Crippen LogP contribution in [0.15, 0.2) is 5.16 Å². The molecule has 0 bridgehead atoms. The molecule has 0 N–H and O–H groups in total. The van der Waals surface area contributed by atoms with Crippen molar-refractivity contribution in [2.45, 2.75) is 31.8 Å². The van der Waals surface area contributed by atoms with Gasteiger partial charge in [0.1, 0.15) is 5.82 Å². The van der Waals surface area contributed by atoms with E-state index in [9.17, 15) is 12.3 Å². The first-order valence-electron chi connectivity index (χ1n) is 4.65. The van der Waals surface area contributed by atoms with Crippen LogP contribution in [0.5, 0.6) is 0 Å². The summed E-state index contributed by atoms with van der Waals surface area (Å²) in [5.41, 5.74) is 0. The minimum Gasteiger partial charge on any atom is -0.303 e. The van der Waals surface area contributed by atoms with E-state index < -0.39 is 15.4 Å². The second-order valence-electron chi connectivity index (χ2n) is 3.83. The van der Waals surface area contributed by atoms with Crippen LogP contribution in [-0.2, 0) is 23.7 Å². The average molecular weight is 235 g/mol. The van der Waals surface area contributed by atoms with Crippen LogP contribution in [0.2, 0.25) is 0 Å². The molecule has 0 unspecified atom stereocenters. The highest BCUT2D eigenvalue weighted by atomic mass is 32.3. The van der Waals surface area contributed by atoms with Crippen molar-refractivity contribution in [3.8, 4) is 0 Å². The Kier molecular flexibility index (Phi) is 3.43. The van der Waals surface area contributed by atoms with E-state index in [-0.39, 0.29) is 0 Å². The van der Waals surface area contributed by atoms with Gasteiger partial charge in [-0.15, -0.1) is 10.2 Å². The third kappa shape index (κ3) is 2.98. The summed E-state index contributed by atoms with van der Waals surface area (Å²) in [6.45, 7) is 4.09. The molecular formula is C8H14FN3O2S. The van der Waals surface area contributed by atoms with Crippen LogP contribution in [0.4, 0.5) is 3.89 Å². The Bertz CT molecular complexity index is 439. The van der Waals surface area contributed by atoms with Crippen molar-refractivity contribution in [3.63, 3.8) is 0 Å². The molecule has 1 aromatic rings. The van der Waals surface area contributed by atoms with Crippen LogP contribution in [-0.4, -0.2) is 23.2 Å². The Labute approximate surface area is 88.5 Å². The Morgan fingerprint density at radius 3 is 2.40 bits per heavy atom. The Balaban J connectivity index is 2.90. The summed E-state index contributed by atoms with van der Waals surface area (Å²) in [5.74, 6) is 0.965. The number of rotatable bonds is 4. The number of nitrogens with zero attached hydrogens (tertiary/aromatic N) is 3. The fourth-order valence-corrected chi connectivity index (χ4v) is 1.76. The maximum atomic E-state index is 12.6. The van der Waals surface area contributed by atoms with Gasteiger partial charge in [-0.3, -0.25) is 0 Å². The highest BCUT2D eigenvalue weighted by Gasteiger charge is 2.21. The average Bonchev–Trinajstić information content (AvgIpc) is 2.42. The van der Waals surface area contributed by atoms with Crippen molar-refractivity contribution in [2.75, 3.05) is 0 Å². The first-order valence-corrected chi connectivity index (χ1v) is 6.03. The van der Waals surface area contributed by atoms with Gasteiger partial charge < -0.3 is 4.57 Å². The molecule has 5 nitrogen and oxygen atoms in total. The van der Waals surface area contributed by atoms with Crippen molar-refractivity contribution in [3.05, 3.63) is 5.82 Å². The molecule has 15 heavy (non-hydrogen) atoms. The second-order valence-corrected chi connectivity index (χ2v) is 5.07. The maximum absolute atomic E-state index is 12.6. The molecular weight excluding hydrogens is 221 g/mol. The predicted octanol–water partition coefficient (Wildman–Crippen LogP) is 1.06. The van der Waals surface area contributed by atoms with E-state index >= 15 is 0 Å². The van der Waals surface area contributed by atoms with Gasteiger partial charge >= 0.3 is 10.2 Å². The molecule has 0 saturated carbocycles. The molecule has 0 aliphatic heterocycles. The zero-order valence-electron chi connectivity index (χ0n) is 8.94. The van der Waals surface area contributed by atoms with Gasteiger partial charge in [0.2, 0.25) is 0 Å². The fraction of sp³-hybridized carbons (Fsp3) is 0.750. The van der Waals surface area contributed by atoms with E-state index in [1.54, 1.807) is 0 Å². The third-order valence-corrected chi connectivity index (χ3v) is 2.88. The molecule has 7 heteroatoms. The van der Waals surface area contributed by atoms with Gasteiger partial charge in [0.15, 0.2) is 0 Å². The molecule has 0 aromatic carbocycles. The van der Waals surface area contributed by atoms with Gasteiger partial charge in [0.25, 0.3) is 5.16 Å². The molecule has 1 aromatic heterocycles. The lowest BCUT2D eigenvalue weighted by molar-refractivity contribution is 0.528. The van der Waals surface area contributed by atoms with Crippen molar-refractivity contribution in [1.82, 2.24) is 14.8 Å². The molecule has 0 saturated heterocycles. The Morgan fingerprint density at radius 2 is 2.00 bits per heavy atom. The summed E-state index contributed by atoms with van der Waals surface area (Å²) < 4.78 is 35.1. The highest BCUT2D eigenvalue weighted by molar-refractivity contribution is 7.86. The quantitative estimate of drug-likeness (QED) is 0.732. The van der Waals surface area contributed by atoms with Gasteiger partial charge in [0.05, 0.1) is 0 Å². The standard InChI is InChI=1S/C8H14FN3O2S/c1-6(2)4-5-7-10-11-8(12(7)3)15(9,13)14/h6H,4-5H2,1-3H3. The van der Waals surface area contributed by atoms with Crippen LogP contribution in [0, 0.1) is 5.92 Å². The van der Waals surface area contributed by atoms with Crippen LogP contribution >= 0.6 is 0 Å². The van der Waals surface area contributed by atoms with E-state index in [1.807, 2.05) is 13.8 Å². The number of aryl methyl sites for hydroxylation is 1. The zero-order valence-corrected chi connectivity index (χ0v) is 9.75.